The molecule has 1 heterocycles. The minimum atomic E-state index is 0.922. The molecule has 0 fully saturated rings. The smallest absolute Gasteiger partial charge is 0.0891 e. The fraction of sp³-hybridized carbons (Fsp3) is 0.182. The molecule has 25 heavy (non-hydrogen) atoms. The molecule has 0 amide bonds. The Hall–Kier alpha value is -2.26. The standard InChI is InChI=1S/C22H17BrN2/c23-15-11-20-18-6-5-14-3-1-2-4-16(14)17(18)7-8-19(20)21(12-15)22-13-24-9-10-25-22/h3,5-6,8-13H,1-2,4,7H2. The van der Waals surface area contributed by atoms with E-state index in [1.54, 1.807) is 18.0 Å². The van der Waals surface area contributed by atoms with E-state index in [-0.39, 0.29) is 0 Å². The zero-order valence-corrected chi connectivity index (χ0v) is 15.4. The van der Waals surface area contributed by atoms with Crippen LogP contribution in [0.1, 0.15) is 24.0 Å². The molecule has 122 valence electrons. The lowest BCUT2D eigenvalue weighted by atomic mass is 9.88. The minimum absolute atomic E-state index is 0.922. The summed E-state index contributed by atoms with van der Waals surface area (Å²) < 4.78 is 1.08. The van der Waals surface area contributed by atoms with Crippen LogP contribution >= 0.6 is 15.9 Å². The van der Waals surface area contributed by atoms with Crippen molar-refractivity contribution in [3.05, 3.63) is 79.3 Å². The molecule has 0 bridgehead atoms. The number of rotatable bonds is 1. The second kappa shape index (κ2) is 5.92. The molecule has 3 heteroatoms. The van der Waals surface area contributed by atoms with Crippen LogP contribution in [-0.4, -0.2) is 9.97 Å². The van der Waals surface area contributed by atoms with Crippen LogP contribution in [-0.2, 0) is 12.8 Å². The number of aromatic nitrogens is 2. The van der Waals surface area contributed by atoms with Gasteiger partial charge in [0.05, 0.1) is 11.9 Å². The highest BCUT2D eigenvalue weighted by Crippen LogP contribution is 2.22. The molecule has 3 aromatic rings. The first-order valence-electron chi connectivity index (χ1n) is 8.73. The number of hydrogen-bond acceptors (Lipinski definition) is 2. The van der Waals surface area contributed by atoms with Crippen molar-refractivity contribution in [2.75, 3.05) is 0 Å². The van der Waals surface area contributed by atoms with Gasteiger partial charge in [0.15, 0.2) is 0 Å². The Kier molecular flexibility index (Phi) is 3.56. The van der Waals surface area contributed by atoms with Crippen molar-refractivity contribution in [1.29, 1.82) is 0 Å². The van der Waals surface area contributed by atoms with E-state index in [0.717, 1.165) is 22.2 Å². The van der Waals surface area contributed by atoms with Gasteiger partial charge in [-0.25, -0.2) is 0 Å². The zero-order chi connectivity index (χ0) is 16.8. The van der Waals surface area contributed by atoms with E-state index in [9.17, 15) is 0 Å². The van der Waals surface area contributed by atoms with Gasteiger partial charge in [0.2, 0.25) is 0 Å². The molecule has 0 saturated carbocycles. The highest BCUT2D eigenvalue weighted by Gasteiger charge is 2.14. The van der Waals surface area contributed by atoms with Crippen LogP contribution in [0, 0.1) is 10.4 Å². The Morgan fingerprint density at radius 2 is 1.92 bits per heavy atom. The summed E-state index contributed by atoms with van der Waals surface area (Å²) in [6.45, 7) is 0. The molecule has 1 aromatic heterocycles. The summed E-state index contributed by atoms with van der Waals surface area (Å²) in [5.74, 6) is 0. The first-order chi connectivity index (χ1) is 12.3. The second-order valence-corrected chi connectivity index (χ2v) is 7.58. The molecule has 5 rings (SSSR count). The lowest BCUT2D eigenvalue weighted by molar-refractivity contribution is 0.824. The largest absolute Gasteiger partial charge is 0.261 e. The number of halogens is 1. The van der Waals surface area contributed by atoms with Crippen LogP contribution in [0.3, 0.4) is 0 Å². The van der Waals surface area contributed by atoms with Crippen LogP contribution in [0.4, 0.5) is 0 Å². The average molecular weight is 389 g/mol. The Bertz CT molecular complexity index is 1200. The lowest BCUT2D eigenvalue weighted by Crippen LogP contribution is -2.20. The summed E-state index contributed by atoms with van der Waals surface area (Å²) in [7, 11) is 0. The van der Waals surface area contributed by atoms with Crippen molar-refractivity contribution in [3.63, 3.8) is 0 Å². The molecular formula is C22H17BrN2. The molecule has 0 aliphatic heterocycles. The van der Waals surface area contributed by atoms with E-state index in [1.807, 2.05) is 6.20 Å². The molecule has 2 aliphatic rings. The summed E-state index contributed by atoms with van der Waals surface area (Å²) >= 11 is 3.70. The quantitative estimate of drug-likeness (QED) is 0.635. The number of fused-ring (bicyclic) bond motifs is 4. The third-order valence-corrected chi connectivity index (χ3v) is 5.70. The maximum Gasteiger partial charge on any atom is 0.0891 e. The van der Waals surface area contributed by atoms with E-state index >= 15 is 0 Å². The fourth-order valence-corrected chi connectivity index (χ4v) is 4.59. The van der Waals surface area contributed by atoms with Crippen LogP contribution in [0.15, 0.2) is 47.3 Å². The topological polar surface area (TPSA) is 25.8 Å². The van der Waals surface area contributed by atoms with Crippen LogP contribution in [0.5, 0.6) is 0 Å². The predicted octanol–water partition coefficient (Wildman–Crippen LogP) is 3.65. The van der Waals surface area contributed by atoms with Crippen LogP contribution in [0.2, 0.25) is 0 Å². The molecule has 0 spiro atoms. The van der Waals surface area contributed by atoms with Gasteiger partial charge in [-0.15, -0.1) is 0 Å². The van der Waals surface area contributed by atoms with Gasteiger partial charge in [0, 0.05) is 22.4 Å². The summed E-state index contributed by atoms with van der Waals surface area (Å²) in [5, 5.41) is 5.38. The molecule has 0 saturated heterocycles. The molecule has 0 N–H and O–H groups in total. The molecule has 0 unspecified atom stereocenters. The fourth-order valence-electron chi connectivity index (χ4n) is 4.13. The summed E-state index contributed by atoms with van der Waals surface area (Å²) in [4.78, 5) is 8.76. The van der Waals surface area contributed by atoms with E-state index < -0.39 is 0 Å². The summed E-state index contributed by atoms with van der Waals surface area (Å²) in [5.41, 5.74) is 5.12. The third kappa shape index (κ3) is 2.46. The van der Waals surface area contributed by atoms with E-state index in [1.165, 1.54) is 45.7 Å². The first kappa shape index (κ1) is 15.0. The third-order valence-electron chi connectivity index (χ3n) is 5.25. The van der Waals surface area contributed by atoms with Crippen LogP contribution < -0.4 is 10.4 Å². The van der Waals surface area contributed by atoms with Gasteiger partial charge in [0.1, 0.15) is 0 Å². The van der Waals surface area contributed by atoms with Crippen LogP contribution in [0.25, 0.3) is 23.4 Å². The second-order valence-electron chi connectivity index (χ2n) is 6.67. The zero-order valence-electron chi connectivity index (χ0n) is 13.8. The van der Waals surface area contributed by atoms with Crippen molar-refractivity contribution < 1.29 is 0 Å². The van der Waals surface area contributed by atoms with Crippen molar-refractivity contribution in [3.8, 4) is 11.3 Å². The van der Waals surface area contributed by atoms with Gasteiger partial charge < -0.3 is 0 Å². The Labute approximate surface area is 154 Å². The molecule has 2 nitrogen and oxygen atoms in total. The van der Waals surface area contributed by atoms with E-state index in [2.05, 4.69) is 62.3 Å². The van der Waals surface area contributed by atoms with E-state index in [4.69, 9.17) is 0 Å². The molecule has 0 radical (unpaired) electrons. The molecule has 0 atom stereocenters. The van der Waals surface area contributed by atoms with Crippen molar-refractivity contribution >= 4 is 28.1 Å². The lowest BCUT2D eigenvalue weighted by Gasteiger charge is -2.17. The van der Waals surface area contributed by atoms with Gasteiger partial charge in [0.25, 0.3) is 0 Å². The summed E-state index contributed by atoms with van der Waals surface area (Å²) in [6, 6.07) is 8.99. The van der Waals surface area contributed by atoms with Crippen molar-refractivity contribution in [2.45, 2.75) is 25.7 Å². The molecule has 2 aliphatic carbocycles. The highest BCUT2D eigenvalue weighted by atomic mass is 79.9. The first-order valence-corrected chi connectivity index (χ1v) is 9.52. The Morgan fingerprint density at radius 1 is 0.960 bits per heavy atom. The average Bonchev–Trinajstić information content (AvgIpc) is 2.67. The van der Waals surface area contributed by atoms with Crippen molar-refractivity contribution in [1.82, 2.24) is 9.97 Å². The van der Waals surface area contributed by atoms with E-state index in [0.29, 0.717) is 0 Å². The predicted molar refractivity (Wildman–Crippen MR) is 104 cm³/mol. The molecular weight excluding hydrogens is 372 g/mol. The van der Waals surface area contributed by atoms with Gasteiger partial charge in [-0.1, -0.05) is 40.2 Å². The normalized spacial score (nSPS) is 14.6. The Morgan fingerprint density at radius 3 is 2.80 bits per heavy atom. The number of nitrogens with zero attached hydrogens (tertiary/aromatic N) is 2. The monoisotopic (exact) mass is 388 g/mol. The maximum atomic E-state index is 4.52. The number of benzene rings is 2. The van der Waals surface area contributed by atoms with Gasteiger partial charge in [-0.2, -0.15) is 0 Å². The van der Waals surface area contributed by atoms with Gasteiger partial charge in [-0.3, -0.25) is 9.97 Å². The minimum Gasteiger partial charge on any atom is -0.261 e. The van der Waals surface area contributed by atoms with Gasteiger partial charge in [-0.05, 0) is 69.8 Å². The Balaban J connectivity index is 1.93. The summed E-state index contributed by atoms with van der Waals surface area (Å²) in [6.07, 6.45) is 14.7. The molecule has 2 aromatic carbocycles. The maximum absolute atomic E-state index is 4.52. The van der Waals surface area contributed by atoms with Gasteiger partial charge >= 0.3 is 0 Å². The van der Waals surface area contributed by atoms with Crippen molar-refractivity contribution in [2.24, 2.45) is 0 Å². The number of hydrogen-bond donors (Lipinski definition) is 0. The SMILES string of the molecule is Brc1cc(-c2cnccn2)c2c(c1)=c1ccc3c(c1CC=2)CCCC=3. The highest BCUT2D eigenvalue weighted by molar-refractivity contribution is 9.10.